The predicted octanol–water partition coefficient (Wildman–Crippen LogP) is 5.38. The van der Waals surface area contributed by atoms with E-state index in [-0.39, 0.29) is 0 Å². The average Bonchev–Trinajstić information content (AvgIpc) is 3.27. The van der Waals surface area contributed by atoms with Crippen LogP contribution in [-0.2, 0) is 0 Å². The lowest BCUT2D eigenvalue weighted by atomic mass is 9.98. The van der Waals surface area contributed by atoms with Gasteiger partial charge in [0.2, 0.25) is 0 Å². The van der Waals surface area contributed by atoms with E-state index in [1.54, 1.807) is 13.3 Å². The number of hydrogen-bond acceptors (Lipinski definition) is 4. The van der Waals surface area contributed by atoms with Crippen LogP contribution in [-0.4, -0.2) is 27.2 Å². The number of nitrogens with zero attached hydrogens (tertiary/aromatic N) is 2. The minimum absolute atomic E-state index is 0.623. The third kappa shape index (κ3) is 3.56. The van der Waals surface area contributed by atoms with Gasteiger partial charge in [0.15, 0.2) is 0 Å². The number of pyridine rings is 2. The fraction of sp³-hybridized carbons (Fsp3) is 0.0769. The maximum atomic E-state index is 10.8. The van der Waals surface area contributed by atoms with Gasteiger partial charge in [0.25, 0.3) is 0 Å². The van der Waals surface area contributed by atoms with Crippen LogP contribution in [0.5, 0.6) is 5.75 Å². The van der Waals surface area contributed by atoms with Crippen LogP contribution in [0.25, 0.3) is 33.3 Å². The molecular formula is C26H21N3O2. The number of nitrogens with one attached hydrogen (secondary N) is 1. The highest BCUT2D eigenvalue weighted by atomic mass is 16.5. The molecule has 0 aliphatic heterocycles. The first-order valence-electron chi connectivity index (χ1n) is 10.0. The number of aliphatic hydroxyl groups excluding tert-OH is 1. The van der Waals surface area contributed by atoms with Gasteiger partial charge in [-0.25, -0.2) is 4.98 Å². The van der Waals surface area contributed by atoms with Crippen molar-refractivity contribution in [1.82, 2.24) is 15.0 Å². The lowest BCUT2D eigenvalue weighted by molar-refractivity contribution is 0.215. The molecule has 0 saturated carbocycles. The number of para-hydroxylation sites is 1. The second-order valence-electron chi connectivity index (χ2n) is 7.31. The molecule has 1 atom stereocenters. The van der Waals surface area contributed by atoms with Gasteiger partial charge < -0.3 is 14.8 Å². The van der Waals surface area contributed by atoms with Gasteiger partial charge in [0.1, 0.15) is 17.5 Å². The lowest BCUT2D eigenvalue weighted by Crippen LogP contribution is -2.01. The molecule has 3 heterocycles. The van der Waals surface area contributed by atoms with E-state index in [4.69, 9.17) is 4.74 Å². The number of aromatic amines is 1. The highest BCUT2D eigenvalue weighted by molar-refractivity contribution is 5.97. The molecule has 0 amide bonds. The predicted molar refractivity (Wildman–Crippen MR) is 122 cm³/mol. The van der Waals surface area contributed by atoms with Gasteiger partial charge in [-0.15, -0.1) is 0 Å². The Morgan fingerprint density at radius 1 is 0.871 bits per heavy atom. The first-order valence-corrected chi connectivity index (χ1v) is 10.0. The summed E-state index contributed by atoms with van der Waals surface area (Å²) in [6, 6.07) is 23.5. The summed E-state index contributed by atoms with van der Waals surface area (Å²) in [6.07, 6.45) is 4.71. The van der Waals surface area contributed by atoms with Crippen molar-refractivity contribution in [2.75, 3.05) is 7.11 Å². The maximum absolute atomic E-state index is 10.8. The molecule has 152 valence electrons. The fourth-order valence-electron chi connectivity index (χ4n) is 3.85. The van der Waals surface area contributed by atoms with Crippen molar-refractivity contribution in [2.24, 2.45) is 0 Å². The molecule has 0 bridgehead atoms. The molecule has 5 rings (SSSR count). The zero-order valence-corrected chi connectivity index (χ0v) is 17.0. The molecule has 0 aliphatic carbocycles. The summed E-state index contributed by atoms with van der Waals surface area (Å²) in [7, 11) is 1.68. The maximum Gasteiger partial charge on any atom is 0.137 e. The minimum atomic E-state index is -0.783. The summed E-state index contributed by atoms with van der Waals surface area (Å²) in [4.78, 5) is 12.1. The van der Waals surface area contributed by atoms with E-state index in [0.717, 1.165) is 44.6 Å². The van der Waals surface area contributed by atoms with E-state index < -0.39 is 6.10 Å². The van der Waals surface area contributed by atoms with Crippen LogP contribution in [0.3, 0.4) is 0 Å². The first-order chi connectivity index (χ1) is 15.2. The minimum Gasteiger partial charge on any atom is -0.496 e. The number of ether oxygens (including phenoxy) is 1. The van der Waals surface area contributed by atoms with Crippen LogP contribution in [0.15, 0.2) is 91.4 Å². The number of H-pyrrole nitrogens is 1. The lowest BCUT2D eigenvalue weighted by Gasteiger charge is -2.12. The molecule has 0 spiro atoms. The van der Waals surface area contributed by atoms with Gasteiger partial charge in [0, 0.05) is 40.7 Å². The molecule has 0 fully saturated rings. The molecule has 0 saturated heterocycles. The van der Waals surface area contributed by atoms with E-state index in [2.05, 4.69) is 21.0 Å². The topological polar surface area (TPSA) is 71.0 Å². The summed E-state index contributed by atoms with van der Waals surface area (Å²) < 4.78 is 5.55. The van der Waals surface area contributed by atoms with Crippen molar-refractivity contribution < 1.29 is 9.84 Å². The molecule has 31 heavy (non-hydrogen) atoms. The normalized spacial score (nSPS) is 12.1. The van der Waals surface area contributed by atoms with Gasteiger partial charge in [-0.1, -0.05) is 42.5 Å². The Balaban J connectivity index is 1.57. The number of hydrogen-bond donors (Lipinski definition) is 2. The zero-order chi connectivity index (χ0) is 21.2. The quantitative estimate of drug-likeness (QED) is 0.410. The summed E-state index contributed by atoms with van der Waals surface area (Å²) in [5.74, 6) is 0.814. The van der Waals surface area contributed by atoms with E-state index in [1.807, 2.05) is 79.1 Å². The Labute approximate surface area is 180 Å². The van der Waals surface area contributed by atoms with Crippen molar-refractivity contribution >= 4 is 11.0 Å². The smallest absolute Gasteiger partial charge is 0.137 e. The second-order valence-corrected chi connectivity index (χ2v) is 7.31. The molecule has 2 aromatic carbocycles. The van der Waals surface area contributed by atoms with Crippen LogP contribution in [0, 0.1) is 0 Å². The van der Waals surface area contributed by atoms with E-state index in [9.17, 15) is 5.11 Å². The average molecular weight is 407 g/mol. The first kappa shape index (κ1) is 19.0. The van der Waals surface area contributed by atoms with E-state index in [0.29, 0.717) is 5.69 Å². The molecule has 2 N–H and O–H groups in total. The summed E-state index contributed by atoms with van der Waals surface area (Å²) >= 11 is 0. The Hall–Kier alpha value is -3.96. The van der Waals surface area contributed by atoms with Crippen molar-refractivity contribution in [2.45, 2.75) is 6.10 Å². The number of fused-ring (bicyclic) bond motifs is 1. The van der Waals surface area contributed by atoms with E-state index in [1.165, 1.54) is 0 Å². The molecule has 3 aromatic heterocycles. The Morgan fingerprint density at radius 2 is 1.74 bits per heavy atom. The van der Waals surface area contributed by atoms with Crippen molar-refractivity contribution in [3.05, 3.63) is 103 Å². The van der Waals surface area contributed by atoms with E-state index >= 15 is 0 Å². The highest BCUT2D eigenvalue weighted by Gasteiger charge is 2.15. The summed E-state index contributed by atoms with van der Waals surface area (Å²) in [6.45, 7) is 0. The van der Waals surface area contributed by atoms with Crippen LogP contribution < -0.4 is 4.74 Å². The summed E-state index contributed by atoms with van der Waals surface area (Å²) in [5.41, 5.74) is 6.22. The van der Waals surface area contributed by atoms with Gasteiger partial charge in [-0.05, 0) is 41.5 Å². The molecule has 5 heteroatoms. The third-order valence-corrected chi connectivity index (χ3v) is 5.43. The van der Waals surface area contributed by atoms with Gasteiger partial charge >= 0.3 is 0 Å². The highest BCUT2D eigenvalue weighted by Crippen LogP contribution is 2.36. The number of aromatic nitrogens is 3. The Bertz CT molecular complexity index is 1350. The molecule has 5 nitrogen and oxygen atoms in total. The largest absolute Gasteiger partial charge is 0.496 e. The van der Waals surface area contributed by atoms with Crippen LogP contribution in [0.4, 0.5) is 0 Å². The number of benzene rings is 2. The van der Waals surface area contributed by atoms with Gasteiger partial charge in [-0.3, -0.25) is 4.98 Å². The summed E-state index contributed by atoms with van der Waals surface area (Å²) in [5, 5.41) is 11.8. The number of aliphatic hydroxyl groups is 1. The molecule has 5 aromatic rings. The van der Waals surface area contributed by atoms with Crippen molar-refractivity contribution in [3.8, 4) is 28.0 Å². The van der Waals surface area contributed by atoms with Crippen molar-refractivity contribution in [1.29, 1.82) is 0 Å². The molecule has 0 radical (unpaired) electrons. The Kier molecular flexibility index (Phi) is 4.94. The molecule has 1 unspecified atom stereocenters. The monoisotopic (exact) mass is 407 g/mol. The number of rotatable bonds is 5. The van der Waals surface area contributed by atoms with Crippen molar-refractivity contribution in [3.63, 3.8) is 0 Å². The Morgan fingerprint density at radius 3 is 2.58 bits per heavy atom. The fourth-order valence-corrected chi connectivity index (χ4v) is 3.85. The van der Waals surface area contributed by atoms with Gasteiger partial charge in [-0.2, -0.15) is 0 Å². The second kappa shape index (κ2) is 8.05. The van der Waals surface area contributed by atoms with Crippen LogP contribution in [0.2, 0.25) is 0 Å². The third-order valence-electron chi connectivity index (χ3n) is 5.43. The number of methoxy groups -OCH3 is 1. The van der Waals surface area contributed by atoms with Crippen LogP contribution >= 0.6 is 0 Å². The standard InChI is InChI=1S/C26H21N3O2/c1-31-24-11-3-2-9-20(24)22-16-29-26-21(22)14-19(15-28-26)17-7-6-8-18(13-17)25(30)23-10-4-5-12-27-23/h2-16,25,30H,1H3,(H,28,29). The van der Waals surface area contributed by atoms with Crippen LogP contribution in [0.1, 0.15) is 17.4 Å². The zero-order valence-electron chi connectivity index (χ0n) is 17.0. The SMILES string of the molecule is COc1ccccc1-c1c[nH]c2ncc(-c3cccc(C(O)c4ccccn4)c3)cc12. The molecular weight excluding hydrogens is 386 g/mol. The molecule has 0 aliphatic rings. The van der Waals surface area contributed by atoms with Gasteiger partial charge in [0.05, 0.1) is 12.8 Å².